The van der Waals surface area contributed by atoms with Crippen molar-refractivity contribution >= 4 is 15.6 Å². The number of phosphoric acid groups is 2. The van der Waals surface area contributed by atoms with Crippen LogP contribution >= 0.6 is 15.6 Å². The van der Waals surface area contributed by atoms with Crippen LogP contribution in [0.15, 0.2) is 121 Å². The van der Waals surface area contributed by atoms with Crippen molar-refractivity contribution in [2.24, 2.45) is 0 Å². The maximum atomic E-state index is 13.4. The van der Waals surface area contributed by atoms with Crippen LogP contribution in [0.3, 0.4) is 0 Å². The quantitative estimate of drug-likeness (QED) is 0.118. The summed E-state index contributed by atoms with van der Waals surface area (Å²) in [4.78, 5) is 0. The summed E-state index contributed by atoms with van der Waals surface area (Å²) in [6.07, 6.45) is 0.195. The van der Waals surface area contributed by atoms with Gasteiger partial charge in [-0.2, -0.15) is 0 Å². The van der Waals surface area contributed by atoms with Crippen molar-refractivity contribution in [1.82, 2.24) is 0 Å². The van der Waals surface area contributed by atoms with Crippen molar-refractivity contribution < 1.29 is 36.3 Å². The summed E-state index contributed by atoms with van der Waals surface area (Å²) in [5.74, 6) is 1.31. The van der Waals surface area contributed by atoms with Crippen LogP contribution in [0.4, 0.5) is 0 Å². The molecule has 4 rings (SSSR count). The first kappa shape index (κ1) is 26.5. The van der Waals surface area contributed by atoms with E-state index < -0.39 is 15.6 Å². The lowest BCUT2D eigenvalue weighted by Gasteiger charge is -2.20. The van der Waals surface area contributed by atoms with E-state index in [9.17, 15) is 9.13 Å². The number of benzene rings is 4. The van der Waals surface area contributed by atoms with Gasteiger partial charge in [0, 0.05) is 0 Å². The van der Waals surface area contributed by atoms with E-state index in [1.54, 1.807) is 121 Å². The van der Waals surface area contributed by atoms with Gasteiger partial charge in [0.05, 0.1) is 13.2 Å². The van der Waals surface area contributed by atoms with Gasteiger partial charge in [-0.05, 0) is 55.0 Å². The number of phosphoric ester groups is 2. The Hall–Kier alpha value is -3.54. The lowest BCUT2D eigenvalue weighted by atomic mass is 10.3. The third-order valence-corrected chi connectivity index (χ3v) is 7.36. The molecular formula is C27H26O8P2. The fourth-order valence-corrected chi connectivity index (χ4v) is 5.51. The molecular weight excluding hydrogens is 514 g/mol. The zero-order valence-corrected chi connectivity index (χ0v) is 21.6. The van der Waals surface area contributed by atoms with Gasteiger partial charge in [-0.1, -0.05) is 72.8 Å². The normalized spacial score (nSPS) is 11.5. The standard InChI is InChI=1S/C27H26O8P2/c28-36(32-24-14-5-1-6-15-24,33-25-16-7-2-8-17-25)30-22-13-23-31-37(29,34-26-18-9-3-10-19-26)35-27-20-11-4-12-21-27/h1-12,14-21H,13,22-23H2. The molecule has 0 heterocycles. The molecule has 0 aliphatic carbocycles. The molecule has 0 fully saturated rings. The van der Waals surface area contributed by atoms with E-state index in [-0.39, 0.29) is 19.6 Å². The Bertz CT molecular complexity index is 1110. The minimum atomic E-state index is -4.04. The van der Waals surface area contributed by atoms with Gasteiger partial charge in [-0.15, -0.1) is 0 Å². The molecule has 4 aromatic rings. The van der Waals surface area contributed by atoms with Crippen molar-refractivity contribution in [2.45, 2.75) is 6.42 Å². The molecule has 0 saturated carbocycles. The molecule has 10 heteroatoms. The maximum absolute atomic E-state index is 13.4. The molecule has 0 amide bonds. The number of hydrogen-bond acceptors (Lipinski definition) is 8. The van der Waals surface area contributed by atoms with E-state index in [4.69, 9.17) is 27.1 Å². The number of rotatable bonds is 14. The monoisotopic (exact) mass is 540 g/mol. The Labute approximate surface area is 215 Å². The highest BCUT2D eigenvalue weighted by Crippen LogP contribution is 2.51. The molecule has 0 spiro atoms. The number of hydrogen-bond donors (Lipinski definition) is 0. The second kappa shape index (κ2) is 13.1. The van der Waals surface area contributed by atoms with Gasteiger partial charge >= 0.3 is 15.6 Å². The summed E-state index contributed by atoms with van der Waals surface area (Å²) in [7, 11) is -8.08. The lowest BCUT2D eigenvalue weighted by Crippen LogP contribution is -2.09. The van der Waals surface area contributed by atoms with E-state index in [0.717, 1.165) is 0 Å². The summed E-state index contributed by atoms with van der Waals surface area (Å²) < 4.78 is 60.2. The molecule has 0 unspecified atom stereocenters. The van der Waals surface area contributed by atoms with Gasteiger partial charge in [0.15, 0.2) is 0 Å². The summed E-state index contributed by atoms with van der Waals surface area (Å²) in [5.41, 5.74) is 0. The molecule has 4 aromatic carbocycles. The highest BCUT2D eigenvalue weighted by molar-refractivity contribution is 7.49. The molecule has 0 bridgehead atoms. The van der Waals surface area contributed by atoms with Crippen LogP contribution in [-0.4, -0.2) is 13.2 Å². The minimum Gasteiger partial charge on any atom is -0.395 e. The van der Waals surface area contributed by atoms with Gasteiger partial charge in [0.1, 0.15) is 23.0 Å². The predicted molar refractivity (Wildman–Crippen MR) is 140 cm³/mol. The van der Waals surface area contributed by atoms with Gasteiger partial charge in [0.2, 0.25) is 0 Å². The molecule has 0 aliphatic rings. The van der Waals surface area contributed by atoms with Crippen molar-refractivity contribution in [3.8, 4) is 23.0 Å². The van der Waals surface area contributed by atoms with Crippen molar-refractivity contribution in [3.05, 3.63) is 121 Å². The minimum absolute atomic E-state index is 0.0758. The second-order valence-electron chi connectivity index (χ2n) is 7.53. The largest absolute Gasteiger partial charge is 0.587 e. The van der Waals surface area contributed by atoms with Crippen LogP contribution in [0.25, 0.3) is 0 Å². The fourth-order valence-electron chi connectivity index (χ4n) is 3.00. The third kappa shape index (κ3) is 8.81. The van der Waals surface area contributed by atoms with Crippen LogP contribution in [0.5, 0.6) is 23.0 Å². The topological polar surface area (TPSA) is 89.5 Å². The first-order valence-corrected chi connectivity index (χ1v) is 14.4. The van der Waals surface area contributed by atoms with Crippen LogP contribution in [0, 0.1) is 0 Å². The van der Waals surface area contributed by atoms with Crippen molar-refractivity contribution in [1.29, 1.82) is 0 Å². The van der Waals surface area contributed by atoms with Gasteiger partial charge in [-0.3, -0.25) is 9.05 Å². The van der Waals surface area contributed by atoms with Crippen LogP contribution in [-0.2, 0) is 18.2 Å². The zero-order valence-electron chi connectivity index (χ0n) is 19.8. The van der Waals surface area contributed by atoms with Gasteiger partial charge < -0.3 is 18.1 Å². The Morgan fingerprint density at radius 3 is 0.892 bits per heavy atom. The van der Waals surface area contributed by atoms with E-state index in [1.165, 1.54) is 0 Å². The Kier molecular flexibility index (Phi) is 9.41. The Morgan fingerprint density at radius 1 is 0.405 bits per heavy atom. The molecule has 0 radical (unpaired) electrons. The Morgan fingerprint density at radius 2 is 0.649 bits per heavy atom. The van der Waals surface area contributed by atoms with E-state index in [0.29, 0.717) is 23.0 Å². The molecule has 0 aliphatic heterocycles. The van der Waals surface area contributed by atoms with Gasteiger partial charge in [-0.25, -0.2) is 9.13 Å². The van der Waals surface area contributed by atoms with E-state index >= 15 is 0 Å². The highest BCUT2D eigenvalue weighted by atomic mass is 31.2. The highest BCUT2D eigenvalue weighted by Gasteiger charge is 2.33. The average Bonchev–Trinajstić information content (AvgIpc) is 2.90. The SMILES string of the molecule is O=P(OCCCOP(=O)(Oc1ccccc1)Oc1ccccc1)(Oc1ccccc1)Oc1ccccc1. The lowest BCUT2D eigenvalue weighted by molar-refractivity contribution is 0.171. The molecule has 8 nitrogen and oxygen atoms in total. The second-order valence-corrected chi connectivity index (χ2v) is 10.6. The summed E-state index contributed by atoms with van der Waals surface area (Å²) in [5, 5.41) is 0. The Balaban J connectivity index is 1.37. The molecule has 37 heavy (non-hydrogen) atoms. The van der Waals surface area contributed by atoms with Crippen molar-refractivity contribution in [3.63, 3.8) is 0 Å². The molecule has 0 saturated heterocycles. The smallest absolute Gasteiger partial charge is 0.395 e. The molecule has 0 atom stereocenters. The molecule has 192 valence electrons. The first-order valence-electron chi connectivity index (χ1n) is 11.5. The van der Waals surface area contributed by atoms with E-state index in [2.05, 4.69) is 0 Å². The van der Waals surface area contributed by atoms with Gasteiger partial charge in [0.25, 0.3) is 0 Å². The zero-order chi connectivity index (χ0) is 25.8. The molecule has 0 aromatic heterocycles. The number of para-hydroxylation sites is 4. The summed E-state index contributed by atoms with van der Waals surface area (Å²) >= 11 is 0. The van der Waals surface area contributed by atoms with Crippen LogP contribution < -0.4 is 18.1 Å². The summed E-state index contributed by atoms with van der Waals surface area (Å²) in [6, 6.07) is 34.3. The average molecular weight is 540 g/mol. The maximum Gasteiger partial charge on any atom is 0.587 e. The third-order valence-electron chi connectivity index (χ3n) is 4.63. The fraction of sp³-hybridized carbons (Fsp3) is 0.111. The van der Waals surface area contributed by atoms with Crippen LogP contribution in [0.2, 0.25) is 0 Å². The van der Waals surface area contributed by atoms with Crippen molar-refractivity contribution in [2.75, 3.05) is 13.2 Å². The molecule has 0 N–H and O–H groups in total. The predicted octanol–water partition coefficient (Wildman–Crippen LogP) is 7.94. The van der Waals surface area contributed by atoms with Crippen LogP contribution in [0.1, 0.15) is 6.42 Å². The first-order chi connectivity index (χ1) is 18.0. The summed E-state index contributed by atoms with van der Waals surface area (Å²) in [6.45, 7) is -0.152. The van der Waals surface area contributed by atoms with E-state index in [1.807, 2.05) is 0 Å².